The van der Waals surface area contributed by atoms with Crippen LogP contribution in [0.2, 0.25) is 5.02 Å². The standard InChI is InChI=1S/C19H18ClN3O3S/c1-3-8-21-17(24)12(2)27-19-22-16-10-13(20)6-7-15(16)18(25)23(19)11-14-5-4-9-26-14/h3-7,9-10,12H,1,8,11H2,2H3,(H,21,24). The molecular formula is C19H18ClN3O3S. The Balaban J connectivity index is 2.03. The zero-order valence-corrected chi connectivity index (χ0v) is 16.2. The lowest BCUT2D eigenvalue weighted by Gasteiger charge is -2.15. The highest BCUT2D eigenvalue weighted by Gasteiger charge is 2.20. The van der Waals surface area contributed by atoms with Crippen molar-refractivity contribution in [3.05, 3.63) is 70.4 Å². The topological polar surface area (TPSA) is 77.1 Å². The van der Waals surface area contributed by atoms with Crippen molar-refractivity contribution in [3.63, 3.8) is 0 Å². The highest BCUT2D eigenvalue weighted by atomic mass is 35.5. The molecule has 2 aromatic heterocycles. The van der Waals surface area contributed by atoms with Crippen molar-refractivity contribution in [2.75, 3.05) is 6.54 Å². The minimum Gasteiger partial charge on any atom is -0.467 e. The molecule has 0 aliphatic carbocycles. The minimum absolute atomic E-state index is 0.162. The number of carbonyl (C=O) groups is 1. The Morgan fingerprint density at radius 2 is 2.30 bits per heavy atom. The van der Waals surface area contributed by atoms with Crippen LogP contribution in [-0.4, -0.2) is 27.3 Å². The maximum Gasteiger partial charge on any atom is 0.262 e. The Labute approximate surface area is 165 Å². The smallest absolute Gasteiger partial charge is 0.262 e. The number of nitrogens with one attached hydrogen (secondary N) is 1. The summed E-state index contributed by atoms with van der Waals surface area (Å²) in [5.41, 5.74) is 0.277. The van der Waals surface area contributed by atoms with Gasteiger partial charge in [0.25, 0.3) is 5.56 Å². The van der Waals surface area contributed by atoms with Crippen LogP contribution in [0.3, 0.4) is 0 Å². The van der Waals surface area contributed by atoms with Crippen LogP contribution >= 0.6 is 23.4 Å². The lowest BCUT2D eigenvalue weighted by atomic mass is 10.2. The Morgan fingerprint density at radius 1 is 1.48 bits per heavy atom. The van der Waals surface area contributed by atoms with Crippen molar-refractivity contribution < 1.29 is 9.21 Å². The van der Waals surface area contributed by atoms with Gasteiger partial charge in [0.1, 0.15) is 5.76 Å². The molecule has 1 amide bonds. The predicted molar refractivity (Wildman–Crippen MR) is 107 cm³/mol. The van der Waals surface area contributed by atoms with Crippen LogP contribution in [-0.2, 0) is 11.3 Å². The van der Waals surface area contributed by atoms with Gasteiger partial charge in [0, 0.05) is 11.6 Å². The van der Waals surface area contributed by atoms with Crippen LogP contribution in [0, 0.1) is 0 Å². The summed E-state index contributed by atoms with van der Waals surface area (Å²) in [6.45, 7) is 5.94. The van der Waals surface area contributed by atoms with E-state index in [0.717, 1.165) is 0 Å². The van der Waals surface area contributed by atoms with Gasteiger partial charge in [0.05, 0.1) is 29.0 Å². The van der Waals surface area contributed by atoms with Crippen LogP contribution in [0.4, 0.5) is 0 Å². The molecule has 0 saturated carbocycles. The Hall–Kier alpha value is -2.51. The molecule has 0 bridgehead atoms. The largest absolute Gasteiger partial charge is 0.467 e. The Morgan fingerprint density at radius 3 is 3.00 bits per heavy atom. The molecule has 6 nitrogen and oxygen atoms in total. The number of rotatable bonds is 7. The number of benzene rings is 1. The van der Waals surface area contributed by atoms with Crippen molar-refractivity contribution in [3.8, 4) is 0 Å². The predicted octanol–water partition coefficient (Wildman–Crippen LogP) is 3.47. The molecule has 0 aliphatic rings. The van der Waals surface area contributed by atoms with Gasteiger partial charge in [-0.05, 0) is 37.3 Å². The van der Waals surface area contributed by atoms with Gasteiger partial charge in [0.15, 0.2) is 5.16 Å². The monoisotopic (exact) mass is 403 g/mol. The van der Waals surface area contributed by atoms with Crippen LogP contribution < -0.4 is 10.9 Å². The molecule has 3 aromatic rings. The molecule has 2 heterocycles. The van der Waals surface area contributed by atoms with Gasteiger partial charge in [-0.2, -0.15) is 0 Å². The van der Waals surface area contributed by atoms with Crippen LogP contribution in [0.15, 0.2) is 63.6 Å². The van der Waals surface area contributed by atoms with E-state index in [1.807, 2.05) is 0 Å². The zero-order chi connectivity index (χ0) is 19.4. The van der Waals surface area contributed by atoms with E-state index in [1.54, 1.807) is 49.6 Å². The number of furan rings is 1. The van der Waals surface area contributed by atoms with Crippen molar-refractivity contribution in [1.29, 1.82) is 0 Å². The number of nitrogens with zero attached hydrogens (tertiary/aromatic N) is 2. The number of amides is 1. The summed E-state index contributed by atoms with van der Waals surface area (Å²) in [7, 11) is 0. The molecule has 140 valence electrons. The second kappa shape index (κ2) is 8.45. The lowest BCUT2D eigenvalue weighted by Crippen LogP contribution is -2.32. The first-order chi connectivity index (χ1) is 13.0. The zero-order valence-electron chi connectivity index (χ0n) is 14.6. The third-order valence-corrected chi connectivity index (χ3v) is 5.17. The number of thioether (sulfide) groups is 1. The number of hydrogen-bond acceptors (Lipinski definition) is 5. The summed E-state index contributed by atoms with van der Waals surface area (Å²) in [5.74, 6) is 0.461. The second-order valence-corrected chi connectivity index (χ2v) is 7.56. The fourth-order valence-corrected chi connectivity index (χ4v) is 3.59. The maximum atomic E-state index is 13.0. The maximum absolute atomic E-state index is 13.0. The van der Waals surface area contributed by atoms with Crippen LogP contribution in [0.1, 0.15) is 12.7 Å². The van der Waals surface area contributed by atoms with Gasteiger partial charge in [0.2, 0.25) is 5.91 Å². The molecule has 0 fully saturated rings. The summed E-state index contributed by atoms with van der Waals surface area (Å²) in [6, 6.07) is 8.49. The summed E-state index contributed by atoms with van der Waals surface area (Å²) in [4.78, 5) is 29.8. The Kier molecular flexibility index (Phi) is 6.03. The molecule has 8 heteroatoms. The normalized spacial score (nSPS) is 12.1. The molecule has 1 unspecified atom stereocenters. The quantitative estimate of drug-likeness (QED) is 0.371. The molecule has 1 atom stereocenters. The average molecular weight is 404 g/mol. The van der Waals surface area contributed by atoms with E-state index in [2.05, 4.69) is 16.9 Å². The SMILES string of the molecule is C=CCNC(=O)C(C)Sc1nc2cc(Cl)ccc2c(=O)n1Cc1ccco1. The van der Waals surface area contributed by atoms with E-state index >= 15 is 0 Å². The summed E-state index contributed by atoms with van der Waals surface area (Å²) >= 11 is 7.25. The molecule has 0 saturated heterocycles. The van der Waals surface area contributed by atoms with Gasteiger partial charge in [-0.3, -0.25) is 14.2 Å². The van der Waals surface area contributed by atoms with Crippen LogP contribution in [0.25, 0.3) is 10.9 Å². The first-order valence-corrected chi connectivity index (χ1v) is 9.53. The number of halogens is 1. The second-order valence-electron chi connectivity index (χ2n) is 5.82. The van der Waals surface area contributed by atoms with Crippen molar-refractivity contribution in [2.45, 2.75) is 23.9 Å². The number of fused-ring (bicyclic) bond motifs is 1. The van der Waals surface area contributed by atoms with Gasteiger partial charge < -0.3 is 9.73 Å². The fraction of sp³-hybridized carbons (Fsp3) is 0.211. The molecule has 0 aliphatic heterocycles. The molecule has 27 heavy (non-hydrogen) atoms. The highest BCUT2D eigenvalue weighted by Crippen LogP contribution is 2.24. The fourth-order valence-electron chi connectivity index (χ4n) is 2.49. The Bertz CT molecular complexity index is 1030. The number of aromatic nitrogens is 2. The summed E-state index contributed by atoms with van der Waals surface area (Å²) in [6.07, 6.45) is 3.16. The summed E-state index contributed by atoms with van der Waals surface area (Å²) in [5, 5.41) is 3.67. The van der Waals surface area contributed by atoms with E-state index in [4.69, 9.17) is 16.0 Å². The van der Waals surface area contributed by atoms with Gasteiger partial charge >= 0.3 is 0 Å². The molecule has 0 radical (unpaired) electrons. The first kappa shape index (κ1) is 19.3. The van der Waals surface area contributed by atoms with E-state index in [1.165, 1.54) is 16.3 Å². The first-order valence-electron chi connectivity index (χ1n) is 8.27. The number of carbonyl (C=O) groups excluding carboxylic acids is 1. The van der Waals surface area contributed by atoms with E-state index in [9.17, 15) is 9.59 Å². The molecule has 3 rings (SSSR count). The molecule has 1 N–H and O–H groups in total. The van der Waals surface area contributed by atoms with Gasteiger partial charge in [-0.1, -0.05) is 29.4 Å². The van der Waals surface area contributed by atoms with E-state index in [0.29, 0.717) is 33.4 Å². The van der Waals surface area contributed by atoms with Crippen LogP contribution in [0.5, 0.6) is 0 Å². The number of hydrogen-bond donors (Lipinski definition) is 1. The third-order valence-electron chi connectivity index (χ3n) is 3.85. The minimum atomic E-state index is -0.448. The molecular weight excluding hydrogens is 386 g/mol. The van der Waals surface area contributed by atoms with Crippen molar-refractivity contribution in [1.82, 2.24) is 14.9 Å². The molecule has 1 aromatic carbocycles. The summed E-state index contributed by atoms with van der Waals surface area (Å²) < 4.78 is 6.89. The lowest BCUT2D eigenvalue weighted by molar-refractivity contribution is -0.120. The third kappa shape index (κ3) is 4.43. The molecule has 0 spiro atoms. The van der Waals surface area contributed by atoms with Crippen molar-refractivity contribution in [2.24, 2.45) is 0 Å². The average Bonchev–Trinajstić information content (AvgIpc) is 3.15. The van der Waals surface area contributed by atoms with E-state index in [-0.39, 0.29) is 18.0 Å². The highest BCUT2D eigenvalue weighted by molar-refractivity contribution is 8.00. The van der Waals surface area contributed by atoms with Gasteiger partial charge in [-0.25, -0.2) is 4.98 Å². The van der Waals surface area contributed by atoms with E-state index < -0.39 is 5.25 Å². The van der Waals surface area contributed by atoms with Crippen molar-refractivity contribution >= 4 is 40.2 Å². The van der Waals surface area contributed by atoms with Gasteiger partial charge in [-0.15, -0.1) is 6.58 Å².